The standard InChI is InChI=1S/C13H15FN2O/c1-8-4-12(16(2)3)11-6-10(14)5-9(7-17)13(11)15-8/h4-6,17H,7H2,1-3H3. The van der Waals surface area contributed by atoms with Crippen molar-refractivity contribution in [1.82, 2.24) is 4.98 Å². The van der Waals surface area contributed by atoms with Gasteiger partial charge in [-0.15, -0.1) is 0 Å². The van der Waals surface area contributed by atoms with E-state index >= 15 is 0 Å². The average molecular weight is 234 g/mol. The van der Waals surface area contributed by atoms with Gasteiger partial charge < -0.3 is 10.0 Å². The number of aliphatic hydroxyl groups excluding tert-OH is 1. The topological polar surface area (TPSA) is 36.4 Å². The van der Waals surface area contributed by atoms with Crippen LogP contribution in [0.1, 0.15) is 11.3 Å². The second-order valence-corrected chi connectivity index (χ2v) is 4.30. The van der Waals surface area contributed by atoms with Gasteiger partial charge in [-0.1, -0.05) is 0 Å². The van der Waals surface area contributed by atoms with Crippen LogP contribution in [0.25, 0.3) is 10.9 Å². The smallest absolute Gasteiger partial charge is 0.124 e. The predicted octanol–water partition coefficient (Wildman–Crippen LogP) is 2.24. The van der Waals surface area contributed by atoms with Gasteiger partial charge in [-0.3, -0.25) is 4.98 Å². The number of aliphatic hydroxyl groups is 1. The SMILES string of the molecule is Cc1cc(N(C)C)c2cc(F)cc(CO)c2n1. The number of halogens is 1. The maximum atomic E-state index is 13.5. The third-order valence-corrected chi connectivity index (χ3v) is 2.72. The molecule has 0 unspecified atom stereocenters. The molecule has 1 aromatic heterocycles. The summed E-state index contributed by atoms with van der Waals surface area (Å²) in [7, 11) is 3.80. The summed E-state index contributed by atoms with van der Waals surface area (Å²) in [6.45, 7) is 1.68. The molecule has 0 saturated heterocycles. The molecule has 0 bridgehead atoms. The second-order valence-electron chi connectivity index (χ2n) is 4.30. The van der Waals surface area contributed by atoms with Crippen LogP contribution in [0.2, 0.25) is 0 Å². The first-order valence-electron chi connectivity index (χ1n) is 5.41. The quantitative estimate of drug-likeness (QED) is 0.865. The van der Waals surface area contributed by atoms with Crippen LogP contribution in [-0.4, -0.2) is 24.2 Å². The van der Waals surface area contributed by atoms with Crippen LogP contribution in [0.4, 0.5) is 10.1 Å². The fourth-order valence-corrected chi connectivity index (χ4v) is 1.96. The Balaban J connectivity index is 2.88. The Morgan fingerprint density at radius 2 is 2.00 bits per heavy atom. The zero-order chi connectivity index (χ0) is 12.6. The molecule has 2 rings (SSSR count). The molecule has 0 atom stereocenters. The van der Waals surface area contributed by atoms with Gasteiger partial charge in [-0.2, -0.15) is 0 Å². The molecule has 17 heavy (non-hydrogen) atoms. The maximum absolute atomic E-state index is 13.5. The number of anilines is 1. The number of rotatable bonds is 2. The van der Waals surface area contributed by atoms with E-state index in [0.717, 1.165) is 16.8 Å². The highest BCUT2D eigenvalue weighted by Crippen LogP contribution is 2.28. The second kappa shape index (κ2) is 4.30. The van der Waals surface area contributed by atoms with Crippen molar-refractivity contribution >= 4 is 16.6 Å². The first-order chi connectivity index (χ1) is 8.02. The molecule has 0 spiro atoms. The predicted molar refractivity (Wildman–Crippen MR) is 66.7 cm³/mol. The molecule has 1 heterocycles. The minimum atomic E-state index is -0.352. The van der Waals surface area contributed by atoms with Crippen molar-refractivity contribution in [3.05, 3.63) is 35.3 Å². The number of aryl methyl sites for hydroxylation is 1. The van der Waals surface area contributed by atoms with Crippen molar-refractivity contribution in [2.24, 2.45) is 0 Å². The van der Waals surface area contributed by atoms with E-state index < -0.39 is 0 Å². The van der Waals surface area contributed by atoms with E-state index in [1.807, 2.05) is 32.0 Å². The fourth-order valence-electron chi connectivity index (χ4n) is 1.96. The lowest BCUT2D eigenvalue weighted by molar-refractivity contribution is 0.282. The summed E-state index contributed by atoms with van der Waals surface area (Å²) in [5.74, 6) is -0.352. The lowest BCUT2D eigenvalue weighted by atomic mass is 10.1. The molecule has 3 nitrogen and oxygen atoms in total. The molecule has 1 aromatic carbocycles. The fraction of sp³-hybridized carbons (Fsp3) is 0.308. The molecule has 4 heteroatoms. The van der Waals surface area contributed by atoms with Crippen LogP contribution in [0.5, 0.6) is 0 Å². The third kappa shape index (κ3) is 2.08. The Morgan fingerprint density at radius 1 is 1.29 bits per heavy atom. The minimum absolute atomic E-state index is 0.211. The van der Waals surface area contributed by atoms with Gasteiger partial charge in [0.25, 0.3) is 0 Å². The lowest BCUT2D eigenvalue weighted by Crippen LogP contribution is -2.10. The van der Waals surface area contributed by atoms with E-state index in [1.54, 1.807) is 0 Å². The normalized spacial score (nSPS) is 10.9. The van der Waals surface area contributed by atoms with Crippen molar-refractivity contribution in [1.29, 1.82) is 0 Å². The van der Waals surface area contributed by atoms with Gasteiger partial charge in [0.05, 0.1) is 12.1 Å². The molecular weight excluding hydrogens is 219 g/mol. The minimum Gasteiger partial charge on any atom is -0.392 e. The largest absolute Gasteiger partial charge is 0.392 e. The zero-order valence-electron chi connectivity index (χ0n) is 10.2. The summed E-state index contributed by atoms with van der Waals surface area (Å²) in [5, 5.41) is 9.99. The lowest BCUT2D eigenvalue weighted by Gasteiger charge is -2.17. The molecule has 0 amide bonds. The van der Waals surface area contributed by atoms with Crippen LogP contribution in [0, 0.1) is 12.7 Å². The van der Waals surface area contributed by atoms with Crippen LogP contribution in [0.3, 0.4) is 0 Å². The van der Waals surface area contributed by atoms with Gasteiger partial charge in [-0.25, -0.2) is 4.39 Å². The van der Waals surface area contributed by atoms with E-state index in [1.165, 1.54) is 12.1 Å². The summed E-state index contributed by atoms with van der Waals surface area (Å²) in [6, 6.07) is 4.69. The first kappa shape index (κ1) is 11.8. The molecule has 1 N–H and O–H groups in total. The van der Waals surface area contributed by atoms with E-state index in [0.29, 0.717) is 11.1 Å². The monoisotopic (exact) mass is 234 g/mol. The zero-order valence-corrected chi connectivity index (χ0v) is 10.2. The summed E-state index contributed by atoms with van der Waals surface area (Å²) in [4.78, 5) is 6.29. The number of fused-ring (bicyclic) bond motifs is 1. The Morgan fingerprint density at radius 3 is 2.59 bits per heavy atom. The maximum Gasteiger partial charge on any atom is 0.124 e. The Bertz CT molecular complexity index is 567. The van der Waals surface area contributed by atoms with Crippen molar-refractivity contribution in [3.63, 3.8) is 0 Å². The Hall–Kier alpha value is -1.68. The number of aromatic nitrogens is 1. The Kier molecular flexibility index (Phi) is 2.98. The van der Waals surface area contributed by atoms with E-state index in [2.05, 4.69) is 4.98 Å². The molecule has 0 fully saturated rings. The van der Waals surface area contributed by atoms with Gasteiger partial charge in [0.1, 0.15) is 5.82 Å². The number of pyridine rings is 1. The molecule has 90 valence electrons. The van der Waals surface area contributed by atoms with Crippen LogP contribution in [-0.2, 0) is 6.61 Å². The highest BCUT2D eigenvalue weighted by atomic mass is 19.1. The summed E-state index contributed by atoms with van der Waals surface area (Å²) >= 11 is 0. The van der Waals surface area contributed by atoms with Crippen LogP contribution < -0.4 is 4.90 Å². The highest BCUT2D eigenvalue weighted by molar-refractivity contribution is 5.93. The van der Waals surface area contributed by atoms with E-state index in [-0.39, 0.29) is 12.4 Å². The summed E-state index contributed by atoms with van der Waals surface area (Å²) in [5.41, 5.74) is 2.94. The van der Waals surface area contributed by atoms with E-state index in [9.17, 15) is 9.50 Å². The summed E-state index contributed by atoms with van der Waals surface area (Å²) < 4.78 is 13.5. The molecular formula is C13H15FN2O. The van der Waals surface area contributed by atoms with Crippen molar-refractivity contribution < 1.29 is 9.50 Å². The molecule has 0 aliphatic carbocycles. The molecule has 0 saturated carbocycles. The average Bonchev–Trinajstić information content (AvgIpc) is 2.27. The Labute approximate surface area is 99.5 Å². The van der Waals surface area contributed by atoms with Crippen molar-refractivity contribution in [3.8, 4) is 0 Å². The van der Waals surface area contributed by atoms with Gasteiger partial charge in [0.2, 0.25) is 0 Å². The van der Waals surface area contributed by atoms with Gasteiger partial charge in [0, 0.05) is 36.4 Å². The van der Waals surface area contributed by atoms with Crippen molar-refractivity contribution in [2.45, 2.75) is 13.5 Å². The molecule has 0 aliphatic rings. The number of hydrogen-bond donors (Lipinski definition) is 1. The van der Waals surface area contributed by atoms with Gasteiger partial charge in [-0.05, 0) is 25.1 Å². The number of hydrogen-bond acceptors (Lipinski definition) is 3. The van der Waals surface area contributed by atoms with Crippen molar-refractivity contribution in [2.75, 3.05) is 19.0 Å². The number of nitrogens with zero attached hydrogens (tertiary/aromatic N) is 2. The molecule has 2 aromatic rings. The van der Waals surface area contributed by atoms with Gasteiger partial charge >= 0.3 is 0 Å². The van der Waals surface area contributed by atoms with Gasteiger partial charge in [0.15, 0.2) is 0 Å². The van der Waals surface area contributed by atoms with E-state index in [4.69, 9.17) is 0 Å². The molecule has 0 radical (unpaired) electrons. The molecule has 0 aliphatic heterocycles. The van der Waals surface area contributed by atoms with Crippen LogP contribution >= 0.6 is 0 Å². The van der Waals surface area contributed by atoms with Crippen LogP contribution in [0.15, 0.2) is 18.2 Å². The first-order valence-corrected chi connectivity index (χ1v) is 5.41. The number of benzene rings is 1. The summed E-state index contributed by atoms with van der Waals surface area (Å²) in [6.07, 6.45) is 0. The highest BCUT2D eigenvalue weighted by Gasteiger charge is 2.11. The third-order valence-electron chi connectivity index (χ3n) is 2.72.